The number of carbonyl (C=O) groups is 2. The highest BCUT2D eigenvalue weighted by Crippen LogP contribution is 2.27. The van der Waals surface area contributed by atoms with Crippen LogP contribution in [0.25, 0.3) is 0 Å². The van der Waals surface area contributed by atoms with Crippen molar-refractivity contribution in [3.8, 4) is 5.75 Å². The van der Waals surface area contributed by atoms with Crippen molar-refractivity contribution < 1.29 is 31.9 Å². The molecule has 2 aromatic heterocycles. The predicted molar refractivity (Wildman–Crippen MR) is 139 cm³/mol. The number of piperazine rings is 1. The monoisotopic (exact) mass is 563 g/mol. The summed E-state index contributed by atoms with van der Waals surface area (Å²) in [5, 5.41) is 2.67. The number of ether oxygens (including phenoxy) is 1. The van der Waals surface area contributed by atoms with Crippen molar-refractivity contribution in [2.75, 3.05) is 26.2 Å². The summed E-state index contributed by atoms with van der Waals surface area (Å²) < 4.78 is 47.1. The summed E-state index contributed by atoms with van der Waals surface area (Å²) in [7, 11) is 0. The molecule has 39 heavy (non-hydrogen) atoms. The van der Waals surface area contributed by atoms with E-state index in [0.717, 1.165) is 10.4 Å². The highest BCUT2D eigenvalue weighted by Gasteiger charge is 2.32. The van der Waals surface area contributed by atoms with Gasteiger partial charge in [0.1, 0.15) is 11.5 Å². The summed E-state index contributed by atoms with van der Waals surface area (Å²) >= 11 is 1.33. The molecule has 12 heteroatoms. The maximum Gasteiger partial charge on any atom is 0.573 e. The molecule has 0 spiro atoms. The number of amides is 2. The van der Waals surface area contributed by atoms with E-state index in [1.54, 1.807) is 30.9 Å². The van der Waals surface area contributed by atoms with Crippen LogP contribution < -0.4 is 15.7 Å². The summed E-state index contributed by atoms with van der Waals surface area (Å²) in [5.41, 5.74) is 1.68. The number of benzene rings is 1. The number of nitrogens with zero attached hydrogens (tertiary/aromatic N) is 2. The number of carbonyl (C=O) groups excluding carboxylic acids is 2. The molecule has 1 aliphatic heterocycles. The van der Waals surface area contributed by atoms with Crippen molar-refractivity contribution >= 4 is 23.2 Å². The van der Waals surface area contributed by atoms with Crippen molar-refractivity contribution in [1.29, 1.82) is 0 Å². The minimum atomic E-state index is -4.82. The van der Waals surface area contributed by atoms with Crippen molar-refractivity contribution in [3.63, 3.8) is 0 Å². The molecule has 1 fully saturated rings. The Labute approximate surface area is 227 Å². The Balaban J connectivity index is 1.33. The number of halogens is 3. The number of thiophene rings is 1. The Kier molecular flexibility index (Phi) is 8.45. The van der Waals surface area contributed by atoms with E-state index in [1.165, 1.54) is 35.6 Å². The zero-order valence-corrected chi connectivity index (χ0v) is 22.5. The topological polar surface area (TPSA) is 92.1 Å². The van der Waals surface area contributed by atoms with Crippen LogP contribution in [0.4, 0.5) is 13.2 Å². The summed E-state index contributed by atoms with van der Waals surface area (Å²) in [6, 6.07) is 8.76. The normalized spacial score (nSPS) is 14.4. The standard InChI is InChI=1S/C27H28F3N3O5S/c1-16-12-21(25(35)31-14-19-6-4-5-7-20(19)38-27(28,29)30)39-22(16)15-32-8-10-33(11-9-32)26(36)24-17(2)13-23(34)37-18(24)3/h4-7,12-13H,8-11,14-15H2,1-3H3,(H,31,35). The molecule has 0 aliphatic carbocycles. The van der Waals surface area contributed by atoms with Gasteiger partial charge in [0, 0.05) is 55.8 Å². The molecule has 208 valence electrons. The first-order valence-electron chi connectivity index (χ1n) is 12.3. The summed E-state index contributed by atoms with van der Waals surface area (Å²) in [6.07, 6.45) is -4.82. The third kappa shape index (κ3) is 7.07. The third-order valence-electron chi connectivity index (χ3n) is 6.46. The molecule has 0 unspecified atom stereocenters. The van der Waals surface area contributed by atoms with Crippen LogP contribution in [-0.2, 0) is 13.1 Å². The predicted octanol–water partition coefficient (Wildman–Crippen LogP) is 4.41. The maximum atomic E-state index is 13.0. The fraction of sp³-hybridized carbons (Fsp3) is 0.370. The molecule has 0 atom stereocenters. The molecule has 1 aromatic carbocycles. The van der Waals surface area contributed by atoms with Crippen LogP contribution in [0.3, 0.4) is 0 Å². The van der Waals surface area contributed by atoms with Crippen molar-refractivity contribution in [1.82, 2.24) is 15.1 Å². The average Bonchev–Trinajstić information content (AvgIpc) is 3.22. The molecule has 2 amide bonds. The zero-order chi connectivity index (χ0) is 28.3. The SMILES string of the molecule is Cc1cc(C(=O)NCc2ccccc2OC(F)(F)F)sc1CN1CCN(C(=O)c2c(C)cc(=O)oc2C)CC1. The van der Waals surface area contributed by atoms with Gasteiger partial charge in [-0.2, -0.15) is 0 Å². The molecule has 4 rings (SSSR count). The fourth-order valence-corrected chi connectivity index (χ4v) is 5.61. The lowest BCUT2D eigenvalue weighted by atomic mass is 10.1. The van der Waals surface area contributed by atoms with Crippen LogP contribution >= 0.6 is 11.3 Å². The van der Waals surface area contributed by atoms with E-state index in [4.69, 9.17) is 4.42 Å². The van der Waals surface area contributed by atoms with Gasteiger partial charge in [0.05, 0.1) is 10.4 Å². The largest absolute Gasteiger partial charge is 0.573 e. The van der Waals surface area contributed by atoms with E-state index >= 15 is 0 Å². The van der Waals surface area contributed by atoms with E-state index < -0.39 is 12.0 Å². The number of hydrogen-bond donors (Lipinski definition) is 1. The zero-order valence-electron chi connectivity index (χ0n) is 21.7. The van der Waals surface area contributed by atoms with E-state index in [1.807, 2.05) is 6.92 Å². The quantitative estimate of drug-likeness (QED) is 0.458. The lowest BCUT2D eigenvalue weighted by Crippen LogP contribution is -2.48. The van der Waals surface area contributed by atoms with Gasteiger partial charge in [0.25, 0.3) is 11.8 Å². The molecule has 0 radical (unpaired) electrons. The Morgan fingerprint density at radius 3 is 2.41 bits per heavy atom. The number of nitrogens with one attached hydrogen (secondary N) is 1. The summed E-state index contributed by atoms with van der Waals surface area (Å²) in [6.45, 7) is 8.01. The third-order valence-corrected chi connectivity index (χ3v) is 7.68. The number of alkyl halides is 3. The first-order chi connectivity index (χ1) is 18.4. The van der Waals surface area contributed by atoms with Gasteiger partial charge >= 0.3 is 12.0 Å². The van der Waals surface area contributed by atoms with Crippen molar-refractivity contribution in [2.45, 2.75) is 40.2 Å². The van der Waals surface area contributed by atoms with E-state index in [-0.39, 0.29) is 29.7 Å². The Morgan fingerprint density at radius 2 is 1.74 bits per heavy atom. The molecule has 3 aromatic rings. The minimum Gasteiger partial charge on any atom is -0.427 e. The average molecular weight is 564 g/mol. The van der Waals surface area contributed by atoms with Gasteiger partial charge in [0.15, 0.2) is 0 Å². The van der Waals surface area contributed by atoms with Gasteiger partial charge < -0.3 is 19.4 Å². The van der Waals surface area contributed by atoms with Crippen LogP contribution in [0.5, 0.6) is 5.75 Å². The van der Waals surface area contributed by atoms with E-state index in [9.17, 15) is 27.6 Å². The van der Waals surface area contributed by atoms with Crippen LogP contribution in [0.2, 0.25) is 0 Å². The van der Waals surface area contributed by atoms with Gasteiger partial charge in [-0.3, -0.25) is 14.5 Å². The minimum absolute atomic E-state index is 0.114. The first-order valence-corrected chi connectivity index (χ1v) is 13.1. The molecular formula is C27H28F3N3O5S. The Hall–Kier alpha value is -3.64. The van der Waals surface area contributed by atoms with Crippen molar-refractivity contribution in [2.24, 2.45) is 0 Å². The number of para-hydroxylation sites is 1. The van der Waals surface area contributed by atoms with E-state index in [0.29, 0.717) is 54.5 Å². The second kappa shape index (κ2) is 11.6. The molecule has 1 saturated heterocycles. The Morgan fingerprint density at radius 1 is 1.05 bits per heavy atom. The lowest BCUT2D eigenvalue weighted by Gasteiger charge is -2.35. The lowest BCUT2D eigenvalue weighted by molar-refractivity contribution is -0.274. The molecule has 0 saturated carbocycles. The molecule has 1 N–H and O–H groups in total. The van der Waals surface area contributed by atoms with Crippen LogP contribution in [-0.4, -0.2) is 54.2 Å². The second-order valence-corrected chi connectivity index (χ2v) is 10.4. The first kappa shape index (κ1) is 28.4. The van der Waals surface area contributed by atoms with Gasteiger partial charge in [0.2, 0.25) is 0 Å². The smallest absolute Gasteiger partial charge is 0.427 e. The summed E-state index contributed by atoms with van der Waals surface area (Å²) in [5.74, 6) is -0.592. The highest BCUT2D eigenvalue weighted by molar-refractivity contribution is 7.14. The van der Waals surface area contributed by atoms with Crippen LogP contribution in [0, 0.1) is 20.8 Å². The molecule has 3 heterocycles. The molecular weight excluding hydrogens is 535 g/mol. The van der Waals surface area contributed by atoms with Crippen LogP contribution in [0.15, 0.2) is 45.6 Å². The van der Waals surface area contributed by atoms with Crippen LogP contribution in [0.1, 0.15) is 47.4 Å². The van der Waals surface area contributed by atoms with Crippen molar-refractivity contribution in [3.05, 3.63) is 84.6 Å². The molecule has 0 bridgehead atoms. The second-order valence-electron chi connectivity index (χ2n) is 9.30. The molecule has 8 nitrogen and oxygen atoms in total. The van der Waals surface area contributed by atoms with E-state index in [2.05, 4.69) is 15.0 Å². The Bertz CT molecular complexity index is 1400. The summed E-state index contributed by atoms with van der Waals surface area (Å²) in [4.78, 5) is 42.7. The van der Waals surface area contributed by atoms with Gasteiger partial charge in [-0.05, 0) is 44.0 Å². The van der Waals surface area contributed by atoms with Gasteiger partial charge in [-0.1, -0.05) is 18.2 Å². The number of aryl methyl sites for hydroxylation is 3. The number of rotatable bonds is 7. The molecule has 1 aliphatic rings. The van der Waals surface area contributed by atoms with Gasteiger partial charge in [-0.15, -0.1) is 24.5 Å². The fourth-order valence-electron chi connectivity index (χ4n) is 4.47. The maximum absolute atomic E-state index is 13.0. The van der Waals surface area contributed by atoms with Gasteiger partial charge in [-0.25, -0.2) is 4.79 Å². The number of hydrogen-bond acceptors (Lipinski definition) is 7. The highest BCUT2D eigenvalue weighted by atomic mass is 32.1.